The number of hydrogen-bond acceptors (Lipinski definition) is 6. The molecule has 1 aromatic carbocycles. The van der Waals surface area contributed by atoms with Gasteiger partial charge in [0.05, 0.1) is 6.61 Å². The third-order valence-corrected chi connectivity index (χ3v) is 5.54. The zero-order valence-electron chi connectivity index (χ0n) is 17.3. The molecule has 29 heavy (non-hydrogen) atoms. The van der Waals surface area contributed by atoms with Crippen molar-refractivity contribution < 1.29 is 9.53 Å². The minimum absolute atomic E-state index is 0.0734. The summed E-state index contributed by atoms with van der Waals surface area (Å²) in [4.78, 5) is 28.6. The van der Waals surface area contributed by atoms with Crippen LogP contribution in [0.15, 0.2) is 30.3 Å². The summed E-state index contributed by atoms with van der Waals surface area (Å²) in [6.45, 7) is 9.60. The molecule has 3 heterocycles. The molecule has 2 aromatic rings. The van der Waals surface area contributed by atoms with Crippen LogP contribution in [0.2, 0.25) is 0 Å². The number of aryl methyl sites for hydroxylation is 1. The Hall–Kier alpha value is -2.83. The summed E-state index contributed by atoms with van der Waals surface area (Å²) in [5.74, 6) is 3.66. The molecule has 0 saturated carbocycles. The zero-order valence-corrected chi connectivity index (χ0v) is 17.3. The first-order valence-electron chi connectivity index (χ1n) is 10.5. The van der Waals surface area contributed by atoms with E-state index in [1.54, 1.807) is 0 Å². The number of rotatable bonds is 5. The predicted molar refractivity (Wildman–Crippen MR) is 114 cm³/mol. The Morgan fingerprint density at radius 3 is 2.10 bits per heavy atom. The number of hydrogen-bond donors (Lipinski definition) is 0. The molecule has 0 aliphatic carbocycles. The Kier molecular flexibility index (Phi) is 5.83. The lowest BCUT2D eigenvalue weighted by atomic mass is 10.1. The summed E-state index contributed by atoms with van der Waals surface area (Å²) in [6, 6.07) is 9.50. The number of carbonyl (C=O) groups excluding carboxylic acids is 1. The van der Waals surface area contributed by atoms with Crippen LogP contribution < -0.4 is 14.5 Å². The first-order chi connectivity index (χ1) is 14.1. The highest BCUT2D eigenvalue weighted by Gasteiger charge is 2.24. The van der Waals surface area contributed by atoms with Gasteiger partial charge in [0.15, 0.2) is 0 Å². The van der Waals surface area contributed by atoms with Gasteiger partial charge < -0.3 is 19.4 Å². The number of aromatic nitrogens is 2. The summed E-state index contributed by atoms with van der Waals surface area (Å²) in [5, 5.41) is 0. The Morgan fingerprint density at radius 1 is 0.931 bits per heavy atom. The van der Waals surface area contributed by atoms with Crippen molar-refractivity contribution in [3.05, 3.63) is 41.7 Å². The van der Waals surface area contributed by atoms with E-state index in [9.17, 15) is 4.79 Å². The van der Waals surface area contributed by atoms with E-state index in [1.807, 2.05) is 43.0 Å². The number of benzene rings is 1. The van der Waals surface area contributed by atoms with Crippen molar-refractivity contribution in [2.24, 2.45) is 0 Å². The molecule has 0 radical (unpaired) electrons. The van der Waals surface area contributed by atoms with Gasteiger partial charge in [-0.1, -0.05) is 0 Å². The lowest BCUT2D eigenvalue weighted by molar-refractivity contribution is 0.0746. The molecule has 2 aliphatic heterocycles. The molecule has 0 unspecified atom stereocenters. The minimum Gasteiger partial charge on any atom is -0.494 e. The van der Waals surface area contributed by atoms with Crippen molar-refractivity contribution in [1.82, 2.24) is 14.9 Å². The van der Waals surface area contributed by atoms with Gasteiger partial charge in [-0.3, -0.25) is 4.79 Å². The minimum atomic E-state index is 0.0734. The van der Waals surface area contributed by atoms with Gasteiger partial charge in [0.2, 0.25) is 0 Å². The largest absolute Gasteiger partial charge is 0.494 e. The van der Waals surface area contributed by atoms with Gasteiger partial charge in [-0.05, 0) is 51.0 Å². The van der Waals surface area contributed by atoms with Crippen LogP contribution in [0.5, 0.6) is 5.75 Å². The van der Waals surface area contributed by atoms with Crippen molar-refractivity contribution in [2.45, 2.75) is 26.7 Å². The molecule has 2 aliphatic rings. The number of anilines is 2. The molecule has 1 amide bonds. The molecule has 0 atom stereocenters. The predicted octanol–water partition coefficient (Wildman–Crippen LogP) is 2.75. The zero-order chi connectivity index (χ0) is 20.2. The maximum Gasteiger partial charge on any atom is 0.253 e. The fourth-order valence-electron chi connectivity index (χ4n) is 3.99. The lowest BCUT2D eigenvalue weighted by Gasteiger charge is -2.35. The van der Waals surface area contributed by atoms with Gasteiger partial charge in [-0.2, -0.15) is 0 Å². The van der Waals surface area contributed by atoms with Crippen LogP contribution in [-0.2, 0) is 0 Å². The van der Waals surface area contributed by atoms with E-state index in [4.69, 9.17) is 4.74 Å². The lowest BCUT2D eigenvalue weighted by Crippen LogP contribution is -2.49. The van der Waals surface area contributed by atoms with E-state index in [0.29, 0.717) is 25.3 Å². The highest BCUT2D eigenvalue weighted by Crippen LogP contribution is 2.24. The highest BCUT2D eigenvalue weighted by molar-refractivity contribution is 5.94. The van der Waals surface area contributed by atoms with Crippen molar-refractivity contribution in [1.29, 1.82) is 0 Å². The van der Waals surface area contributed by atoms with Crippen LogP contribution in [0.4, 0.5) is 11.6 Å². The molecular formula is C22H29N5O2. The maximum atomic E-state index is 12.8. The number of carbonyl (C=O) groups is 1. The summed E-state index contributed by atoms with van der Waals surface area (Å²) >= 11 is 0. The molecule has 7 nitrogen and oxygen atoms in total. The standard InChI is InChI=1S/C22H29N5O2/c1-3-29-19-8-6-18(7-9-19)22(28)27-14-12-26(13-15-27)21-16-20(23-17(2)24-21)25-10-4-5-11-25/h6-9,16H,3-5,10-15H2,1-2H3. The van der Waals surface area contributed by atoms with E-state index in [-0.39, 0.29) is 5.91 Å². The molecule has 2 saturated heterocycles. The van der Waals surface area contributed by atoms with Crippen molar-refractivity contribution >= 4 is 17.5 Å². The van der Waals surface area contributed by atoms with Crippen molar-refractivity contribution in [3.63, 3.8) is 0 Å². The van der Waals surface area contributed by atoms with Crippen LogP contribution in [0.25, 0.3) is 0 Å². The van der Waals surface area contributed by atoms with Crippen LogP contribution in [-0.4, -0.2) is 66.7 Å². The summed E-state index contributed by atoms with van der Waals surface area (Å²) in [6.07, 6.45) is 2.45. The van der Waals surface area contributed by atoms with Gasteiger partial charge in [0, 0.05) is 50.9 Å². The first kappa shape index (κ1) is 19.5. The van der Waals surface area contributed by atoms with Gasteiger partial charge in [0.1, 0.15) is 23.2 Å². The number of ether oxygens (including phenoxy) is 1. The van der Waals surface area contributed by atoms with Crippen LogP contribution in [0.1, 0.15) is 35.9 Å². The van der Waals surface area contributed by atoms with Crippen LogP contribution in [0.3, 0.4) is 0 Å². The third kappa shape index (κ3) is 4.44. The number of amides is 1. The van der Waals surface area contributed by atoms with Crippen LogP contribution >= 0.6 is 0 Å². The second kappa shape index (κ2) is 8.68. The van der Waals surface area contributed by atoms with Crippen molar-refractivity contribution in [3.8, 4) is 5.75 Å². The Labute approximate surface area is 172 Å². The van der Waals surface area contributed by atoms with Crippen molar-refractivity contribution in [2.75, 3.05) is 55.7 Å². The third-order valence-electron chi connectivity index (χ3n) is 5.54. The smallest absolute Gasteiger partial charge is 0.253 e. The summed E-state index contributed by atoms with van der Waals surface area (Å²) in [5.41, 5.74) is 0.705. The van der Waals surface area contributed by atoms with Gasteiger partial charge in [-0.15, -0.1) is 0 Å². The number of piperazine rings is 1. The molecular weight excluding hydrogens is 366 g/mol. The van der Waals surface area contributed by atoms with Gasteiger partial charge >= 0.3 is 0 Å². The maximum absolute atomic E-state index is 12.8. The molecule has 7 heteroatoms. The van der Waals surface area contributed by atoms with E-state index in [2.05, 4.69) is 25.8 Å². The van der Waals surface area contributed by atoms with E-state index in [0.717, 1.165) is 49.4 Å². The van der Waals surface area contributed by atoms with E-state index in [1.165, 1.54) is 12.8 Å². The molecule has 1 aromatic heterocycles. The van der Waals surface area contributed by atoms with Gasteiger partial charge in [-0.25, -0.2) is 9.97 Å². The summed E-state index contributed by atoms with van der Waals surface area (Å²) in [7, 11) is 0. The normalized spacial score (nSPS) is 17.0. The van der Waals surface area contributed by atoms with E-state index < -0.39 is 0 Å². The second-order valence-corrected chi connectivity index (χ2v) is 7.56. The molecule has 0 N–H and O–H groups in total. The average Bonchev–Trinajstić information content (AvgIpc) is 3.29. The van der Waals surface area contributed by atoms with Crippen LogP contribution in [0, 0.1) is 6.92 Å². The Balaban J connectivity index is 1.39. The van der Waals surface area contributed by atoms with E-state index >= 15 is 0 Å². The SMILES string of the molecule is CCOc1ccc(C(=O)N2CCN(c3cc(N4CCCC4)nc(C)n3)CC2)cc1. The quantitative estimate of drug-likeness (QED) is 0.776. The Bertz CT molecular complexity index is 841. The molecule has 2 fully saturated rings. The molecule has 154 valence electrons. The summed E-state index contributed by atoms with van der Waals surface area (Å²) < 4.78 is 5.46. The molecule has 0 spiro atoms. The second-order valence-electron chi connectivity index (χ2n) is 7.56. The fraction of sp³-hybridized carbons (Fsp3) is 0.500. The van der Waals surface area contributed by atoms with Gasteiger partial charge in [0.25, 0.3) is 5.91 Å². The Morgan fingerprint density at radius 2 is 1.52 bits per heavy atom. The molecule has 0 bridgehead atoms. The fourth-order valence-corrected chi connectivity index (χ4v) is 3.99. The topological polar surface area (TPSA) is 61.8 Å². The first-order valence-corrected chi connectivity index (χ1v) is 10.5. The average molecular weight is 396 g/mol. The number of nitrogens with zero attached hydrogens (tertiary/aromatic N) is 5. The highest BCUT2D eigenvalue weighted by atomic mass is 16.5. The molecule has 4 rings (SSSR count). The monoisotopic (exact) mass is 395 g/mol.